The maximum absolute atomic E-state index is 12.6. The summed E-state index contributed by atoms with van der Waals surface area (Å²) in [6.07, 6.45) is 4.74. The molecule has 8 heteroatoms. The summed E-state index contributed by atoms with van der Waals surface area (Å²) in [7, 11) is 1.63. The van der Waals surface area contributed by atoms with E-state index in [9.17, 15) is 9.59 Å². The number of nitrogens with zero attached hydrogens (tertiary/aromatic N) is 4. The van der Waals surface area contributed by atoms with E-state index >= 15 is 0 Å². The van der Waals surface area contributed by atoms with Crippen molar-refractivity contribution in [2.75, 3.05) is 38.2 Å². The summed E-state index contributed by atoms with van der Waals surface area (Å²) in [5.74, 6) is 0.494. The number of carbonyl (C=O) groups is 2. The maximum Gasteiger partial charge on any atom is 0.356 e. The van der Waals surface area contributed by atoms with E-state index in [1.165, 1.54) is 12.4 Å². The first-order chi connectivity index (χ1) is 13.6. The summed E-state index contributed by atoms with van der Waals surface area (Å²) in [5, 5.41) is 8.92. The van der Waals surface area contributed by atoms with Gasteiger partial charge in [0.25, 0.3) is 0 Å². The molecule has 3 rings (SSSR count). The summed E-state index contributed by atoms with van der Waals surface area (Å²) in [6.45, 7) is 2.72. The number of ether oxygens (including phenoxy) is 1. The van der Waals surface area contributed by atoms with E-state index in [-0.39, 0.29) is 11.6 Å². The van der Waals surface area contributed by atoms with Crippen LogP contribution in [-0.2, 0) is 11.2 Å². The fourth-order valence-electron chi connectivity index (χ4n) is 3.19. The predicted octanol–water partition coefficient (Wildman–Crippen LogP) is 1.85. The van der Waals surface area contributed by atoms with Crippen LogP contribution in [0.1, 0.15) is 28.9 Å². The molecule has 1 aromatic carbocycles. The summed E-state index contributed by atoms with van der Waals surface area (Å²) in [5.41, 5.74) is 1.04. The second-order valence-corrected chi connectivity index (χ2v) is 6.63. The zero-order valence-corrected chi connectivity index (χ0v) is 15.9. The molecular weight excluding hydrogens is 360 g/mol. The number of aromatic carboxylic acids is 1. The lowest BCUT2D eigenvalue weighted by Crippen LogP contribution is -2.35. The van der Waals surface area contributed by atoms with Gasteiger partial charge in [0.05, 0.1) is 19.5 Å². The van der Waals surface area contributed by atoms with Gasteiger partial charge in [-0.05, 0) is 30.5 Å². The number of carboxylic acids is 1. The van der Waals surface area contributed by atoms with Gasteiger partial charge in [-0.25, -0.2) is 14.8 Å². The molecule has 8 nitrogen and oxygen atoms in total. The molecule has 0 unspecified atom stereocenters. The monoisotopic (exact) mass is 384 g/mol. The van der Waals surface area contributed by atoms with E-state index < -0.39 is 5.97 Å². The zero-order valence-electron chi connectivity index (χ0n) is 15.9. The minimum Gasteiger partial charge on any atom is -0.497 e. The number of hydrogen-bond acceptors (Lipinski definition) is 6. The van der Waals surface area contributed by atoms with Crippen LogP contribution in [-0.4, -0.2) is 65.1 Å². The third kappa shape index (κ3) is 4.97. The van der Waals surface area contributed by atoms with Crippen LogP contribution >= 0.6 is 0 Å². The van der Waals surface area contributed by atoms with E-state index in [1.54, 1.807) is 7.11 Å². The van der Waals surface area contributed by atoms with Gasteiger partial charge in [0, 0.05) is 32.6 Å². The van der Waals surface area contributed by atoms with Crippen molar-refractivity contribution in [1.82, 2.24) is 14.9 Å². The predicted molar refractivity (Wildman–Crippen MR) is 104 cm³/mol. The highest BCUT2D eigenvalue weighted by atomic mass is 16.5. The third-order valence-corrected chi connectivity index (χ3v) is 4.82. The van der Waals surface area contributed by atoms with Gasteiger partial charge < -0.3 is 19.6 Å². The molecule has 0 atom stereocenters. The van der Waals surface area contributed by atoms with Gasteiger partial charge in [0.15, 0.2) is 5.69 Å². The Morgan fingerprint density at radius 1 is 1.07 bits per heavy atom. The fourth-order valence-corrected chi connectivity index (χ4v) is 3.19. The second kappa shape index (κ2) is 9.16. The maximum atomic E-state index is 12.6. The quantitative estimate of drug-likeness (QED) is 0.812. The standard InChI is InChI=1S/C20H24N4O4/c1-28-16-6-3-15(4-7-16)5-8-19(25)24-10-2-9-23(11-12-24)18-14-21-17(13-22-18)20(26)27/h3-4,6-7,13-14H,2,5,8-12H2,1H3,(H,26,27). The van der Waals surface area contributed by atoms with Gasteiger partial charge in [-0.15, -0.1) is 0 Å². The van der Waals surface area contributed by atoms with Crippen molar-refractivity contribution in [1.29, 1.82) is 0 Å². The molecule has 2 heterocycles. The Bertz CT molecular complexity index is 808. The van der Waals surface area contributed by atoms with Crippen LogP contribution in [0.3, 0.4) is 0 Å². The number of aryl methyl sites for hydroxylation is 1. The van der Waals surface area contributed by atoms with Crippen molar-refractivity contribution in [3.63, 3.8) is 0 Å². The number of rotatable bonds is 6. The molecule has 1 N–H and O–H groups in total. The Morgan fingerprint density at radius 2 is 1.86 bits per heavy atom. The number of methoxy groups -OCH3 is 1. The van der Waals surface area contributed by atoms with E-state index in [1.807, 2.05) is 34.1 Å². The third-order valence-electron chi connectivity index (χ3n) is 4.82. The van der Waals surface area contributed by atoms with Gasteiger partial charge in [-0.2, -0.15) is 0 Å². The molecule has 1 aliphatic rings. The molecule has 1 fully saturated rings. The van der Waals surface area contributed by atoms with E-state index in [4.69, 9.17) is 9.84 Å². The number of aromatic nitrogens is 2. The van der Waals surface area contributed by atoms with Gasteiger partial charge in [0.2, 0.25) is 5.91 Å². The van der Waals surface area contributed by atoms with E-state index in [0.717, 1.165) is 24.3 Å². The van der Waals surface area contributed by atoms with Crippen molar-refractivity contribution in [3.8, 4) is 5.75 Å². The summed E-state index contributed by atoms with van der Waals surface area (Å²) in [6, 6.07) is 7.77. The molecule has 1 saturated heterocycles. The minimum atomic E-state index is -1.09. The second-order valence-electron chi connectivity index (χ2n) is 6.63. The molecule has 148 valence electrons. The highest BCUT2D eigenvalue weighted by Crippen LogP contribution is 2.15. The molecule has 0 radical (unpaired) electrons. The van der Waals surface area contributed by atoms with Crippen LogP contribution in [0.25, 0.3) is 0 Å². The van der Waals surface area contributed by atoms with Gasteiger partial charge in [-0.1, -0.05) is 12.1 Å². The smallest absolute Gasteiger partial charge is 0.356 e. The molecule has 0 aliphatic carbocycles. The SMILES string of the molecule is COc1ccc(CCC(=O)N2CCCN(c3cnc(C(=O)O)cn3)CC2)cc1. The molecule has 0 saturated carbocycles. The lowest BCUT2D eigenvalue weighted by Gasteiger charge is -2.22. The van der Waals surface area contributed by atoms with Crippen LogP contribution < -0.4 is 9.64 Å². The lowest BCUT2D eigenvalue weighted by molar-refractivity contribution is -0.130. The number of benzene rings is 1. The van der Waals surface area contributed by atoms with Gasteiger partial charge in [-0.3, -0.25) is 4.79 Å². The highest BCUT2D eigenvalue weighted by Gasteiger charge is 2.20. The normalized spacial score (nSPS) is 14.5. The Labute approximate surface area is 163 Å². The first-order valence-electron chi connectivity index (χ1n) is 9.28. The van der Waals surface area contributed by atoms with Crippen molar-refractivity contribution in [3.05, 3.63) is 47.9 Å². The fraction of sp³-hybridized carbons (Fsp3) is 0.400. The Kier molecular flexibility index (Phi) is 6.41. The van der Waals surface area contributed by atoms with Crippen molar-refractivity contribution in [2.24, 2.45) is 0 Å². The summed E-state index contributed by atoms with van der Waals surface area (Å²) < 4.78 is 5.15. The van der Waals surface area contributed by atoms with Crippen LogP contribution in [0.5, 0.6) is 5.75 Å². The molecule has 2 aromatic rings. The molecule has 1 aliphatic heterocycles. The van der Waals surface area contributed by atoms with Gasteiger partial charge in [0.1, 0.15) is 11.6 Å². The number of carboxylic acid groups (broad SMARTS) is 1. The lowest BCUT2D eigenvalue weighted by atomic mass is 10.1. The Balaban J connectivity index is 1.52. The van der Waals surface area contributed by atoms with Crippen molar-refractivity contribution >= 4 is 17.7 Å². The average molecular weight is 384 g/mol. The molecule has 0 spiro atoms. The number of hydrogen-bond donors (Lipinski definition) is 1. The van der Waals surface area contributed by atoms with E-state index in [2.05, 4.69) is 9.97 Å². The van der Waals surface area contributed by atoms with Crippen LogP contribution in [0.15, 0.2) is 36.7 Å². The Hall–Kier alpha value is -3.16. The summed E-state index contributed by atoms with van der Waals surface area (Å²) >= 11 is 0. The van der Waals surface area contributed by atoms with Crippen LogP contribution in [0.2, 0.25) is 0 Å². The molecule has 1 amide bonds. The molecular formula is C20H24N4O4. The highest BCUT2D eigenvalue weighted by molar-refractivity contribution is 5.84. The molecule has 28 heavy (non-hydrogen) atoms. The van der Waals surface area contributed by atoms with Crippen molar-refractivity contribution in [2.45, 2.75) is 19.3 Å². The van der Waals surface area contributed by atoms with E-state index in [0.29, 0.717) is 38.3 Å². The number of carbonyl (C=O) groups excluding carboxylic acids is 1. The first kappa shape index (κ1) is 19.6. The van der Waals surface area contributed by atoms with Crippen molar-refractivity contribution < 1.29 is 19.4 Å². The Morgan fingerprint density at radius 3 is 2.50 bits per heavy atom. The topological polar surface area (TPSA) is 95.9 Å². The van der Waals surface area contributed by atoms with Crippen LogP contribution in [0, 0.1) is 0 Å². The molecule has 0 bridgehead atoms. The van der Waals surface area contributed by atoms with Crippen LogP contribution in [0.4, 0.5) is 5.82 Å². The van der Waals surface area contributed by atoms with Gasteiger partial charge >= 0.3 is 5.97 Å². The summed E-state index contributed by atoms with van der Waals surface area (Å²) in [4.78, 5) is 35.5. The zero-order chi connectivity index (χ0) is 19.9. The first-order valence-corrected chi connectivity index (χ1v) is 9.28. The minimum absolute atomic E-state index is 0.0751. The average Bonchev–Trinajstić information content (AvgIpc) is 2.99. The number of anilines is 1. The largest absolute Gasteiger partial charge is 0.497 e. The number of amides is 1. The molecule has 1 aromatic heterocycles.